The highest BCUT2D eigenvalue weighted by atomic mass is 15.2. The van der Waals surface area contributed by atoms with Gasteiger partial charge in [0.25, 0.3) is 0 Å². The van der Waals surface area contributed by atoms with Gasteiger partial charge in [-0.3, -0.25) is 0 Å². The van der Waals surface area contributed by atoms with E-state index in [2.05, 4.69) is 32.9 Å². The molecule has 0 saturated carbocycles. The van der Waals surface area contributed by atoms with Gasteiger partial charge in [-0.25, -0.2) is 4.98 Å². The smallest absolute Gasteiger partial charge is 0.105 e. The van der Waals surface area contributed by atoms with Crippen molar-refractivity contribution >= 4 is 0 Å². The molecule has 1 unspecified atom stereocenters. The van der Waals surface area contributed by atoms with E-state index in [0.717, 1.165) is 31.4 Å². The first-order valence-corrected chi connectivity index (χ1v) is 6.14. The molecule has 16 heavy (non-hydrogen) atoms. The Kier molecular flexibility index (Phi) is 3.96. The SMILES string of the molecule is CNCC1CCN(CCn2ccnc2C)C1. The molecule has 1 aromatic heterocycles. The third-order valence-corrected chi connectivity index (χ3v) is 3.44. The minimum Gasteiger partial charge on any atom is -0.334 e. The van der Waals surface area contributed by atoms with E-state index in [1.165, 1.54) is 19.5 Å². The van der Waals surface area contributed by atoms with E-state index in [4.69, 9.17) is 0 Å². The molecule has 1 aliphatic heterocycles. The molecule has 4 heteroatoms. The third kappa shape index (κ3) is 2.83. The number of nitrogens with one attached hydrogen (secondary N) is 1. The zero-order valence-corrected chi connectivity index (χ0v) is 10.3. The predicted molar refractivity (Wildman–Crippen MR) is 65.4 cm³/mol. The van der Waals surface area contributed by atoms with Gasteiger partial charge in [0, 0.05) is 32.0 Å². The van der Waals surface area contributed by atoms with Gasteiger partial charge in [-0.05, 0) is 39.4 Å². The van der Waals surface area contributed by atoms with E-state index in [0.29, 0.717) is 0 Å². The van der Waals surface area contributed by atoms with Crippen molar-refractivity contribution in [2.75, 3.05) is 33.2 Å². The number of aromatic nitrogens is 2. The Labute approximate surface area is 97.7 Å². The molecule has 0 amide bonds. The Bertz CT molecular complexity index is 321. The van der Waals surface area contributed by atoms with Crippen LogP contribution in [0, 0.1) is 12.8 Å². The lowest BCUT2D eigenvalue weighted by molar-refractivity contribution is 0.307. The van der Waals surface area contributed by atoms with Crippen LogP contribution < -0.4 is 5.32 Å². The number of imidazole rings is 1. The zero-order valence-electron chi connectivity index (χ0n) is 10.3. The van der Waals surface area contributed by atoms with E-state index < -0.39 is 0 Å². The van der Waals surface area contributed by atoms with Crippen LogP contribution in [-0.4, -0.2) is 47.7 Å². The number of nitrogens with zero attached hydrogens (tertiary/aromatic N) is 3. The maximum Gasteiger partial charge on any atom is 0.105 e. The van der Waals surface area contributed by atoms with E-state index >= 15 is 0 Å². The maximum atomic E-state index is 4.24. The van der Waals surface area contributed by atoms with Crippen LogP contribution in [0.1, 0.15) is 12.2 Å². The van der Waals surface area contributed by atoms with Gasteiger partial charge in [0.15, 0.2) is 0 Å². The Morgan fingerprint density at radius 1 is 1.50 bits per heavy atom. The van der Waals surface area contributed by atoms with Crippen LogP contribution >= 0.6 is 0 Å². The maximum absolute atomic E-state index is 4.24. The van der Waals surface area contributed by atoms with Crippen molar-refractivity contribution in [1.82, 2.24) is 19.8 Å². The predicted octanol–water partition coefficient (Wildman–Crippen LogP) is 0.733. The molecular formula is C12H22N4. The first kappa shape index (κ1) is 11.6. The second-order valence-corrected chi connectivity index (χ2v) is 4.68. The average molecular weight is 222 g/mol. The Morgan fingerprint density at radius 2 is 2.38 bits per heavy atom. The summed E-state index contributed by atoms with van der Waals surface area (Å²) in [6, 6.07) is 0. The van der Waals surface area contributed by atoms with Crippen molar-refractivity contribution in [1.29, 1.82) is 0 Å². The second kappa shape index (κ2) is 5.46. The van der Waals surface area contributed by atoms with Gasteiger partial charge in [0.2, 0.25) is 0 Å². The fourth-order valence-electron chi connectivity index (χ4n) is 2.46. The fraction of sp³-hybridized carbons (Fsp3) is 0.750. The molecule has 1 atom stereocenters. The normalized spacial score (nSPS) is 21.8. The summed E-state index contributed by atoms with van der Waals surface area (Å²) in [6.07, 6.45) is 5.28. The van der Waals surface area contributed by atoms with Gasteiger partial charge < -0.3 is 14.8 Å². The minimum atomic E-state index is 0.842. The molecule has 4 nitrogen and oxygen atoms in total. The van der Waals surface area contributed by atoms with Crippen LogP contribution in [0.2, 0.25) is 0 Å². The fourth-order valence-corrected chi connectivity index (χ4v) is 2.46. The highest BCUT2D eigenvalue weighted by Gasteiger charge is 2.21. The van der Waals surface area contributed by atoms with Gasteiger partial charge in [-0.2, -0.15) is 0 Å². The second-order valence-electron chi connectivity index (χ2n) is 4.68. The summed E-state index contributed by atoms with van der Waals surface area (Å²) >= 11 is 0. The molecule has 1 aliphatic rings. The minimum absolute atomic E-state index is 0.842. The lowest BCUT2D eigenvalue weighted by atomic mass is 10.1. The first-order chi connectivity index (χ1) is 7.79. The summed E-state index contributed by atoms with van der Waals surface area (Å²) in [5, 5.41) is 3.27. The molecule has 1 fully saturated rings. The monoisotopic (exact) mass is 222 g/mol. The van der Waals surface area contributed by atoms with Crippen LogP contribution in [0.4, 0.5) is 0 Å². The van der Waals surface area contributed by atoms with Gasteiger partial charge in [0.05, 0.1) is 0 Å². The summed E-state index contributed by atoms with van der Waals surface area (Å²) in [6.45, 7) is 7.93. The molecule has 0 aromatic carbocycles. The number of aryl methyl sites for hydroxylation is 1. The van der Waals surface area contributed by atoms with E-state index in [9.17, 15) is 0 Å². The summed E-state index contributed by atoms with van der Waals surface area (Å²) in [5.41, 5.74) is 0. The molecule has 1 aromatic rings. The first-order valence-electron chi connectivity index (χ1n) is 6.14. The zero-order chi connectivity index (χ0) is 11.4. The number of hydrogen-bond donors (Lipinski definition) is 1. The Hall–Kier alpha value is -0.870. The third-order valence-electron chi connectivity index (χ3n) is 3.44. The van der Waals surface area contributed by atoms with E-state index in [1.807, 2.05) is 13.2 Å². The molecule has 2 heterocycles. The van der Waals surface area contributed by atoms with Crippen LogP contribution in [0.3, 0.4) is 0 Å². The van der Waals surface area contributed by atoms with Crippen molar-refractivity contribution in [3.8, 4) is 0 Å². The van der Waals surface area contributed by atoms with Crippen molar-refractivity contribution in [2.24, 2.45) is 5.92 Å². The number of likely N-dealkylation sites (tertiary alicyclic amines) is 1. The molecular weight excluding hydrogens is 200 g/mol. The van der Waals surface area contributed by atoms with Gasteiger partial charge in [-0.15, -0.1) is 0 Å². The van der Waals surface area contributed by atoms with Gasteiger partial charge in [-0.1, -0.05) is 0 Å². The molecule has 0 spiro atoms. The van der Waals surface area contributed by atoms with Crippen molar-refractivity contribution < 1.29 is 0 Å². The van der Waals surface area contributed by atoms with Gasteiger partial charge in [0.1, 0.15) is 5.82 Å². The summed E-state index contributed by atoms with van der Waals surface area (Å²) in [4.78, 5) is 6.80. The topological polar surface area (TPSA) is 33.1 Å². The van der Waals surface area contributed by atoms with Gasteiger partial charge >= 0.3 is 0 Å². The average Bonchev–Trinajstić information content (AvgIpc) is 2.86. The summed E-state index contributed by atoms with van der Waals surface area (Å²) < 4.78 is 2.23. The van der Waals surface area contributed by atoms with E-state index in [-0.39, 0.29) is 0 Å². The van der Waals surface area contributed by atoms with Crippen LogP contribution in [0.15, 0.2) is 12.4 Å². The van der Waals surface area contributed by atoms with Crippen molar-refractivity contribution in [3.05, 3.63) is 18.2 Å². The molecule has 2 rings (SSSR count). The van der Waals surface area contributed by atoms with Crippen LogP contribution in [0.5, 0.6) is 0 Å². The molecule has 1 N–H and O–H groups in total. The molecule has 0 aliphatic carbocycles. The quantitative estimate of drug-likeness (QED) is 0.797. The lowest BCUT2D eigenvalue weighted by Gasteiger charge is -2.16. The standard InChI is InChI=1S/C12H22N4/c1-11-14-4-6-16(11)8-7-15-5-3-12(10-15)9-13-2/h4,6,12-13H,3,5,7-10H2,1-2H3. The highest BCUT2D eigenvalue weighted by molar-refractivity contribution is 4.88. The Balaban J connectivity index is 1.74. The van der Waals surface area contributed by atoms with Crippen molar-refractivity contribution in [3.63, 3.8) is 0 Å². The number of hydrogen-bond acceptors (Lipinski definition) is 3. The molecule has 0 bridgehead atoms. The largest absolute Gasteiger partial charge is 0.334 e. The molecule has 90 valence electrons. The molecule has 0 radical (unpaired) electrons. The Morgan fingerprint density at radius 3 is 3.06 bits per heavy atom. The van der Waals surface area contributed by atoms with Crippen molar-refractivity contribution in [2.45, 2.75) is 19.9 Å². The number of rotatable bonds is 5. The molecule has 1 saturated heterocycles. The van der Waals surface area contributed by atoms with Crippen LogP contribution in [0.25, 0.3) is 0 Å². The van der Waals surface area contributed by atoms with Crippen LogP contribution in [-0.2, 0) is 6.54 Å². The summed E-state index contributed by atoms with van der Waals surface area (Å²) in [7, 11) is 2.04. The lowest BCUT2D eigenvalue weighted by Crippen LogP contribution is -2.27. The van der Waals surface area contributed by atoms with E-state index in [1.54, 1.807) is 0 Å². The summed E-state index contributed by atoms with van der Waals surface area (Å²) in [5.74, 6) is 1.96. The highest BCUT2D eigenvalue weighted by Crippen LogP contribution is 2.14.